The molecule has 0 aliphatic rings. The van der Waals surface area contributed by atoms with Crippen molar-refractivity contribution < 1.29 is 13.2 Å². The number of aromatic nitrogens is 2. The molecule has 0 atom stereocenters. The molecule has 9 heteroatoms. The first-order valence-corrected chi connectivity index (χ1v) is 11.0. The van der Waals surface area contributed by atoms with Gasteiger partial charge in [-0.2, -0.15) is 0 Å². The molecule has 0 aliphatic carbocycles. The average Bonchev–Trinajstić information content (AvgIpc) is 2.67. The molecule has 158 valence electrons. The quantitative estimate of drug-likeness (QED) is 0.613. The number of hydrogen-bond donors (Lipinski definition) is 2. The van der Waals surface area contributed by atoms with Crippen molar-refractivity contribution >= 4 is 27.0 Å². The van der Waals surface area contributed by atoms with Crippen molar-refractivity contribution in [1.29, 1.82) is 0 Å². The van der Waals surface area contributed by atoms with Crippen molar-refractivity contribution in [3.8, 4) is 0 Å². The number of amides is 1. The number of aryl methyl sites for hydroxylation is 3. The van der Waals surface area contributed by atoms with E-state index in [2.05, 4.69) is 10.3 Å². The monoisotopic (exact) mass is 428 g/mol. The summed E-state index contributed by atoms with van der Waals surface area (Å²) in [6.07, 6.45) is 0.514. The van der Waals surface area contributed by atoms with Gasteiger partial charge in [0.15, 0.2) is 0 Å². The minimum Gasteiger partial charge on any atom is -0.354 e. The number of nitrogens with two attached hydrogens (primary N) is 1. The van der Waals surface area contributed by atoms with Crippen LogP contribution in [-0.4, -0.2) is 30.4 Å². The molecule has 0 fully saturated rings. The van der Waals surface area contributed by atoms with Gasteiger partial charge >= 0.3 is 0 Å². The Hall–Kier alpha value is -3.04. The summed E-state index contributed by atoms with van der Waals surface area (Å²) in [4.78, 5) is 29.4. The molecule has 3 rings (SSSR count). The van der Waals surface area contributed by atoms with Crippen LogP contribution >= 0.6 is 0 Å². The molecule has 0 radical (unpaired) electrons. The molecule has 8 nitrogen and oxygen atoms in total. The van der Waals surface area contributed by atoms with Gasteiger partial charge in [-0.25, -0.2) is 18.5 Å². The maximum absolute atomic E-state index is 12.6. The largest absolute Gasteiger partial charge is 0.354 e. The second kappa shape index (κ2) is 8.37. The number of sulfonamides is 1. The summed E-state index contributed by atoms with van der Waals surface area (Å²) in [5.74, 6) is -0.289. The van der Waals surface area contributed by atoms with Crippen LogP contribution < -0.4 is 16.0 Å². The van der Waals surface area contributed by atoms with Gasteiger partial charge in [-0.15, -0.1) is 0 Å². The van der Waals surface area contributed by atoms with Crippen LogP contribution in [0.15, 0.2) is 46.1 Å². The lowest BCUT2D eigenvalue weighted by atomic mass is 10.1. The highest BCUT2D eigenvalue weighted by atomic mass is 32.2. The molecule has 0 bridgehead atoms. The third-order valence-electron chi connectivity index (χ3n) is 5.01. The Morgan fingerprint density at radius 3 is 2.37 bits per heavy atom. The number of fused-ring (bicyclic) bond motifs is 1. The van der Waals surface area contributed by atoms with Crippen LogP contribution in [0.2, 0.25) is 0 Å². The maximum Gasteiger partial charge on any atom is 0.272 e. The molecule has 0 aliphatic heterocycles. The predicted octanol–water partition coefficient (Wildman–Crippen LogP) is 1.33. The average molecular weight is 429 g/mol. The lowest BCUT2D eigenvalue weighted by Gasteiger charge is -2.13. The number of hydrogen-bond acceptors (Lipinski definition) is 5. The second-order valence-electron chi connectivity index (χ2n) is 7.30. The molecular formula is C21H24N4O4S. The first kappa shape index (κ1) is 21.7. The zero-order valence-corrected chi connectivity index (χ0v) is 17.9. The van der Waals surface area contributed by atoms with E-state index in [1.54, 1.807) is 19.1 Å². The smallest absolute Gasteiger partial charge is 0.272 e. The summed E-state index contributed by atoms with van der Waals surface area (Å²) in [6, 6.07) is 9.96. The van der Waals surface area contributed by atoms with E-state index < -0.39 is 10.0 Å². The van der Waals surface area contributed by atoms with Crippen molar-refractivity contribution in [3.05, 3.63) is 69.1 Å². The van der Waals surface area contributed by atoms with Gasteiger partial charge in [-0.05, 0) is 68.1 Å². The van der Waals surface area contributed by atoms with Gasteiger partial charge in [0.1, 0.15) is 12.2 Å². The highest BCUT2D eigenvalue weighted by Crippen LogP contribution is 2.17. The van der Waals surface area contributed by atoms with Crippen molar-refractivity contribution in [2.75, 3.05) is 6.54 Å². The fourth-order valence-electron chi connectivity index (χ4n) is 3.17. The minimum atomic E-state index is -3.73. The predicted molar refractivity (Wildman–Crippen MR) is 115 cm³/mol. The summed E-state index contributed by atoms with van der Waals surface area (Å²) in [5, 5.41) is 7.88. The molecule has 0 unspecified atom stereocenters. The highest BCUT2D eigenvalue weighted by molar-refractivity contribution is 7.89. The molecular weight excluding hydrogens is 404 g/mol. The summed E-state index contributed by atoms with van der Waals surface area (Å²) >= 11 is 0. The van der Waals surface area contributed by atoms with E-state index in [1.807, 2.05) is 26.0 Å². The van der Waals surface area contributed by atoms with Crippen molar-refractivity contribution in [2.24, 2.45) is 5.14 Å². The molecule has 2 aromatic carbocycles. The molecule has 1 aromatic heterocycles. The molecule has 1 amide bonds. The zero-order valence-electron chi connectivity index (χ0n) is 17.1. The van der Waals surface area contributed by atoms with Gasteiger partial charge in [0, 0.05) is 6.54 Å². The Morgan fingerprint density at radius 1 is 1.10 bits per heavy atom. The van der Waals surface area contributed by atoms with Gasteiger partial charge in [0.05, 0.1) is 15.9 Å². The van der Waals surface area contributed by atoms with Crippen LogP contribution in [0.4, 0.5) is 0 Å². The molecule has 0 saturated heterocycles. The Balaban J connectivity index is 1.71. The van der Waals surface area contributed by atoms with Crippen molar-refractivity contribution in [3.63, 3.8) is 0 Å². The first-order chi connectivity index (χ1) is 14.1. The number of primary sulfonamides is 1. The molecule has 0 spiro atoms. The SMILES string of the molecule is Cc1cc2nc(C)c(=O)n(CC(=O)NCCc3ccc(S(N)(=O)=O)cc3)c2cc1C. The fraction of sp³-hybridized carbons (Fsp3) is 0.286. The van der Waals surface area contributed by atoms with Crippen molar-refractivity contribution in [1.82, 2.24) is 14.9 Å². The van der Waals surface area contributed by atoms with E-state index in [-0.39, 0.29) is 22.9 Å². The number of carbonyl (C=O) groups is 1. The topological polar surface area (TPSA) is 124 Å². The Morgan fingerprint density at radius 2 is 1.73 bits per heavy atom. The standard InChI is InChI=1S/C21H24N4O4S/c1-13-10-18-19(11-14(13)2)25(21(27)15(3)24-18)12-20(26)23-9-8-16-4-6-17(7-5-16)30(22,28)29/h4-7,10-11H,8-9,12H2,1-3H3,(H,23,26)(H2,22,28,29). The summed E-state index contributed by atoms with van der Waals surface area (Å²) in [5.41, 5.74) is 4.30. The lowest BCUT2D eigenvalue weighted by molar-refractivity contribution is -0.121. The summed E-state index contributed by atoms with van der Waals surface area (Å²) in [7, 11) is -3.73. The van der Waals surface area contributed by atoms with E-state index in [9.17, 15) is 18.0 Å². The van der Waals surface area contributed by atoms with E-state index in [0.717, 1.165) is 16.7 Å². The lowest BCUT2D eigenvalue weighted by Crippen LogP contribution is -2.34. The number of nitrogens with zero attached hydrogens (tertiary/aromatic N) is 2. The number of carbonyl (C=O) groups excluding carboxylic acids is 1. The molecule has 3 N–H and O–H groups in total. The summed E-state index contributed by atoms with van der Waals surface area (Å²) < 4.78 is 24.0. The third kappa shape index (κ3) is 4.74. The van der Waals surface area contributed by atoms with Crippen LogP contribution in [0, 0.1) is 20.8 Å². The fourth-order valence-corrected chi connectivity index (χ4v) is 3.69. The van der Waals surface area contributed by atoms with Crippen molar-refractivity contribution in [2.45, 2.75) is 38.6 Å². The maximum atomic E-state index is 12.6. The van der Waals surface area contributed by atoms with Gasteiger partial charge in [-0.1, -0.05) is 12.1 Å². The van der Waals surface area contributed by atoms with Crippen LogP contribution in [0.5, 0.6) is 0 Å². The van der Waals surface area contributed by atoms with E-state index >= 15 is 0 Å². The molecule has 3 aromatic rings. The highest BCUT2D eigenvalue weighted by Gasteiger charge is 2.13. The Kier molecular flexibility index (Phi) is 6.04. The first-order valence-electron chi connectivity index (χ1n) is 9.43. The normalized spacial score (nSPS) is 11.6. The van der Waals surface area contributed by atoms with Crippen LogP contribution in [0.25, 0.3) is 11.0 Å². The van der Waals surface area contributed by atoms with Gasteiger partial charge in [0.2, 0.25) is 15.9 Å². The Labute approximate surface area is 174 Å². The van der Waals surface area contributed by atoms with Gasteiger partial charge in [-0.3, -0.25) is 14.2 Å². The summed E-state index contributed by atoms with van der Waals surface area (Å²) in [6.45, 7) is 5.80. The van der Waals surface area contributed by atoms with E-state index in [4.69, 9.17) is 5.14 Å². The molecule has 1 heterocycles. The molecule has 0 saturated carbocycles. The van der Waals surface area contributed by atoms with Crippen LogP contribution in [0.1, 0.15) is 22.4 Å². The van der Waals surface area contributed by atoms with E-state index in [0.29, 0.717) is 29.7 Å². The van der Waals surface area contributed by atoms with Gasteiger partial charge < -0.3 is 5.32 Å². The van der Waals surface area contributed by atoms with Gasteiger partial charge in [0.25, 0.3) is 5.56 Å². The van der Waals surface area contributed by atoms with Crippen LogP contribution in [-0.2, 0) is 27.8 Å². The van der Waals surface area contributed by atoms with E-state index in [1.165, 1.54) is 16.7 Å². The number of rotatable bonds is 6. The second-order valence-corrected chi connectivity index (χ2v) is 8.86. The Bertz CT molecular complexity index is 1280. The number of benzene rings is 2. The minimum absolute atomic E-state index is 0.0418. The third-order valence-corrected chi connectivity index (χ3v) is 5.94. The number of nitrogens with one attached hydrogen (secondary N) is 1. The zero-order chi connectivity index (χ0) is 22.1. The van der Waals surface area contributed by atoms with Crippen LogP contribution in [0.3, 0.4) is 0 Å². The molecule has 30 heavy (non-hydrogen) atoms.